The summed E-state index contributed by atoms with van der Waals surface area (Å²) in [5.41, 5.74) is 4.94. The summed E-state index contributed by atoms with van der Waals surface area (Å²) in [6.45, 7) is 7.02. The van der Waals surface area contributed by atoms with Gasteiger partial charge >= 0.3 is 6.09 Å². The second-order valence-electron chi connectivity index (χ2n) is 6.58. The summed E-state index contributed by atoms with van der Waals surface area (Å²) in [7, 11) is 0. The standard InChI is InChI=1S/C20H24N2O2/c1-15(2)16-3-5-17(6-4-16)18-7-9-19(10-8-18)21-11-13-22(14-12-21)20(23)24/h3-10,15H,11-14H2,1-2H3,(H,23,24). The lowest BCUT2D eigenvalue weighted by Gasteiger charge is -2.34. The van der Waals surface area contributed by atoms with Gasteiger partial charge in [-0.1, -0.05) is 50.2 Å². The number of carboxylic acid groups (broad SMARTS) is 1. The van der Waals surface area contributed by atoms with Crippen molar-refractivity contribution in [2.75, 3.05) is 31.1 Å². The van der Waals surface area contributed by atoms with E-state index < -0.39 is 6.09 Å². The van der Waals surface area contributed by atoms with Crippen LogP contribution in [-0.4, -0.2) is 42.3 Å². The highest BCUT2D eigenvalue weighted by Gasteiger charge is 2.20. The van der Waals surface area contributed by atoms with Crippen molar-refractivity contribution in [1.29, 1.82) is 0 Å². The van der Waals surface area contributed by atoms with Crippen LogP contribution in [-0.2, 0) is 0 Å². The molecule has 126 valence electrons. The Morgan fingerprint density at radius 2 is 1.38 bits per heavy atom. The maximum Gasteiger partial charge on any atom is 0.407 e. The van der Waals surface area contributed by atoms with E-state index >= 15 is 0 Å². The normalized spacial score (nSPS) is 15.0. The number of piperazine rings is 1. The van der Waals surface area contributed by atoms with Crippen molar-refractivity contribution in [3.05, 3.63) is 54.1 Å². The number of hydrogen-bond acceptors (Lipinski definition) is 2. The summed E-state index contributed by atoms with van der Waals surface area (Å²) in [5, 5.41) is 9.02. The number of rotatable bonds is 3. The third kappa shape index (κ3) is 3.53. The SMILES string of the molecule is CC(C)c1ccc(-c2ccc(N3CCN(C(=O)O)CC3)cc2)cc1. The fourth-order valence-corrected chi connectivity index (χ4v) is 3.08. The van der Waals surface area contributed by atoms with Crippen LogP contribution in [0.15, 0.2) is 48.5 Å². The zero-order valence-corrected chi connectivity index (χ0v) is 14.3. The molecule has 1 aliphatic rings. The van der Waals surface area contributed by atoms with E-state index in [9.17, 15) is 4.79 Å². The molecule has 0 bridgehead atoms. The van der Waals surface area contributed by atoms with Gasteiger partial charge in [-0.25, -0.2) is 4.79 Å². The van der Waals surface area contributed by atoms with Crippen molar-refractivity contribution in [2.24, 2.45) is 0 Å². The van der Waals surface area contributed by atoms with E-state index in [0.29, 0.717) is 19.0 Å². The van der Waals surface area contributed by atoms with E-state index in [1.54, 1.807) is 0 Å². The second kappa shape index (κ2) is 6.95. The highest BCUT2D eigenvalue weighted by Crippen LogP contribution is 2.25. The highest BCUT2D eigenvalue weighted by atomic mass is 16.4. The van der Waals surface area contributed by atoms with Crippen molar-refractivity contribution in [3.63, 3.8) is 0 Å². The molecule has 3 rings (SSSR count). The first-order chi connectivity index (χ1) is 11.5. The summed E-state index contributed by atoms with van der Waals surface area (Å²) in [6.07, 6.45) is -0.824. The first kappa shape index (κ1) is 16.4. The zero-order chi connectivity index (χ0) is 17.1. The largest absolute Gasteiger partial charge is 0.465 e. The van der Waals surface area contributed by atoms with Crippen molar-refractivity contribution in [1.82, 2.24) is 4.90 Å². The fraction of sp³-hybridized carbons (Fsp3) is 0.350. The molecule has 0 atom stereocenters. The molecule has 0 unspecified atom stereocenters. The number of anilines is 1. The summed E-state index contributed by atoms with van der Waals surface area (Å²) in [6, 6.07) is 17.3. The molecular formula is C20H24N2O2. The first-order valence-electron chi connectivity index (χ1n) is 8.48. The van der Waals surface area contributed by atoms with Crippen molar-refractivity contribution < 1.29 is 9.90 Å². The molecule has 1 fully saturated rings. The van der Waals surface area contributed by atoms with Crippen molar-refractivity contribution in [3.8, 4) is 11.1 Å². The predicted molar refractivity (Wildman–Crippen MR) is 97.8 cm³/mol. The molecule has 1 N–H and O–H groups in total. The quantitative estimate of drug-likeness (QED) is 0.916. The third-order valence-electron chi connectivity index (χ3n) is 4.69. The van der Waals surface area contributed by atoms with Crippen LogP contribution in [0.4, 0.5) is 10.5 Å². The van der Waals surface area contributed by atoms with Crippen LogP contribution in [0.1, 0.15) is 25.3 Å². The number of nitrogens with zero attached hydrogens (tertiary/aromatic N) is 2. The molecule has 1 heterocycles. The Balaban J connectivity index is 1.68. The lowest BCUT2D eigenvalue weighted by atomic mass is 9.98. The number of benzene rings is 2. The Kier molecular flexibility index (Phi) is 4.74. The van der Waals surface area contributed by atoms with Gasteiger partial charge in [0.05, 0.1) is 0 Å². The maximum atomic E-state index is 11.0. The maximum absolute atomic E-state index is 11.0. The molecular weight excluding hydrogens is 300 g/mol. The monoisotopic (exact) mass is 324 g/mol. The van der Waals surface area contributed by atoms with Gasteiger partial charge in [0.15, 0.2) is 0 Å². The molecule has 2 aromatic rings. The lowest BCUT2D eigenvalue weighted by Crippen LogP contribution is -2.48. The third-order valence-corrected chi connectivity index (χ3v) is 4.69. The predicted octanol–water partition coefficient (Wildman–Crippen LogP) is 4.28. The van der Waals surface area contributed by atoms with Crippen LogP contribution in [0, 0.1) is 0 Å². The Morgan fingerprint density at radius 1 is 0.875 bits per heavy atom. The smallest absolute Gasteiger partial charge is 0.407 e. The van der Waals surface area contributed by atoms with Crippen LogP contribution >= 0.6 is 0 Å². The van der Waals surface area contributed by atoms with Gasteiger partial charge in [-0.05, 0) is 34.7 Å². The van der Waals surface area contributed by atoms with Gasteiger partial charge in [-0.2, -0.15) is 0 Å². The minimum atomic E-state index is -0.824. The number of hydrogen-bond donors (Lipinski definition) is 1. The van der Waals surface area contributed by atoms with Crippen molar-refractivity contribution in [2.45, 2.75) is 19.8 Å². The molecule has 4 heteroatoms. The van der Waals surface area contributed by atoms with Gasteiger partial charge in [0.25, 0.3) is 0 Å². The lowest BCUT2D eigenvalue weighted by molar-refractivity contribution is 0.142. The summed E-state index contributed by atoms with van der Waals surface area (Å²) >= 11 is 0. The minimum absolute atomic E-state index is 0.547. The molecule has 2 aromatic carbocycles. The Morgan fingerprint density at radius 3 is 1.83 bits per heavy atom. The first-order valence-corrected chi connectivity index (χ1v) is 8.48. The summed E-state index contributed by atoms with van der Waals surface area (Å²) < 4.78 is 0. The van der Waals surface area contributed by atoms with Gasteiger partial charge < -0.3 is 14.9 Å². The van der Waals surface area contributed by atoms with E-state index in [1.807, 2.05) is 0 Å². The van der Waals surface area contributed by atoms with E-state index in [4.69, 9.17) is 5.11 Å². The topological polar surface area (TPSA) is 43.8 Å². The number of carbonyl (C=O) groups is 1. The molecule has 0 aromatic heterocycles. The van der Waals surface area contributed by atoms with Gasteiger partial charge in [0.1, 0.15) is 0 Å². The molecule has 1 amide bonds. The molecule has 1 saturated heterocycles. The molecule has 0 spiro atoms. The van der Waals surface area contributed by atoms with Crippen LogP contribution in [0.2, 0.25) is 0 Å². The molecule has 0 saturated carbocycles. The molecule has 4 nitrogen and oxygen atoms in total. The average molecular weight is 324 g/mol. The van der Waals surface area contributed by atoms with Crippen LogP contribution < -0.4 is 4.90 Å². The van der Waals surface area contributed by atoms with Crippen LogP contribution in [0.3, 0.4) is 0 Å². The Bertz CT molecular complexity index is 685. The van der Waals surface area contributed by atoms with Gasteiger partial charge in [0.2, 0.25) is 0 Å². The second-order valence-corrected chi connectivity index (χ2v) is 6.58. The molecule has 1 aliphatic heterocycles. The zero-order valence-electron chi connectivity index (χ0n) is 14.3. The van der Waals surface area contributed by atoms with E-state index in [0.717, 1.165) is 18.8 Å². The fourth-order valence-electron chi connectivity index (χ4n) is 3.08. The van der Waals surface area contributed by atoms with Gasteiger partial charge in [0, 0.05) is 31.9 Å². The van der Waals surface area contributed by atoms with Crippen LogP contribution in [0.25, 0.3) is 11.1 Å². The van der Waals surface area contributed by atoms with Crippen molar-refractivity contribution >= 4 is 11.8 Å². The minimum Gasteiger partial charge on any atom is -0.465 e. The van der Waals surface area contributed by atoms with E-state index in [-0.39, 0.29) is 0 Å². The average Bonchev–Trinajstić information content (AvgIpc) is 2.62. The highest BCUT2D eigenvalue weighted by molar-refractivity contribution is 5.68. The molecule has 0 aliphatic carbocycles. The Labute approximate surface area is 143 Å². The van der Waals surface area contributed by atoms with E-state index in [2.05, 4.69) is 67.3 Å². The van der Waals surface area contributed by atoms with E-state index in [1.165, 1.54) is 21.6 Å². The molecule has 24 heavy (non-hydrogen) atoms. The van der Waals surface area contributed by atoms with Gasteiger partial charge in [-0.15, -0.1) is 0 Å². The van der Waals surface area contributed by atoms with Gasteiger partial charge in [-0.3, -0.25) is 0 Å². The number of amides is 1. The summed E-state index contributed by atoms with van der Waals surface area (Å²) in [5.74, 6) is 0.547. The Hall–Kier alpha value is -2.49. The summed E-state index contributed by atoms with van der Waals surface area (Å²) in [4.78, 5) is 14.7. The van der Waals surface area contributed by atoms with Crippen LogP contribution in [0.5, 0.6) is 0 Å². The molecule has 0 radical (unpaired) electrons.